The molecule has 0 unspecified atom stereocenters. The van der Waals surface area contributed by atoms with Crippen molar-refractivity contribution in [1.29, 1.82) is 0 Å². The van der Waals surface area contributed by atoms with Gasteiger partial charge in [0.15, 0.2) is 9.84 Å². The predicted molar refractivity (Wildman–Crippen MR) is 47.0 cm³/mol. The molecule has 0 radical (unpaired) electrons. The molecule has 0 N–H and O–H groups in total. The average Bonchev–Trinajstić information content (AvgIpc) is 2.00. The normalized spacial score (nSPS) is 29.1. The van der Waals surface area contributed by atoms with Crippen molar-refractivity contribution in [2.75, 3.05) is 5.75 Å². The smallest absolute Gasteiger partial charge is 0.247 e. The summed E-state index contributed by atoms with van der Waals surface area (Å²) in [6, 6.07) is 0. The number of hydrogen-bond acceptors (Lipinski definition) is 2. The van der Waals surface area contributed by atoms with Crippen molar-refractivity contribution in [3.8, 4) is 0 Å². The van der Waals surface area contributed by atoms with E-state index in [4.69, 9.17) is 0 Å². The van der Waals surface area contributed by atoms with Crippen LogP contribution in [0.1, 0.15) is 25.7 Å². The summed E-state index contributed by atoms with van der Waals surface area (Å²) in [4.78, 5) is 0. The molecule has 1 fully saturated rings. The summed E-state index contributed by atoms with van der Waals surface area (Å²) in [7, 11) is -4.16. The Morgan fingerprint density at radius 2 is 1.53 bits per heavy atom. The van der Waals surface area contributed by atoms with Crippen LogP contribution < -0.4 is 0 Å². The van der Waals surface area contributed by atoms with Crippen molar-refractivity contribution in [3.05, 3.63) is 0 Å². The van der Waals surface area contributed by atoms with Crippen LogP contribution in [0, 0.1) is 0 Å². The zero-order valence-corrected chi connectivity index (χ0v) is 8.74. The van der Waals surface area contributed by atoms with Gasteiger partial charge in [-0.15, -0.1) is 0 Å². The van der Waals surface area contributed by atoms with Crippen molar-refractivity contribution in [2.45, 2.75) is 43.3 Å². The maximum Gasteiger partial charge on any atom is 0.402 e. The second-order valence-electron chi connectivity index (χ2n) is 3.80. The summed E-state index contributed by atoms with van der Waals surface area (Å²) >= 11 is 0. The van der Waals surface area contributed by atoms with Crippen LogP contribution >= 0.6 is 0 Å². The first-order valence-electron chi connectivity index (χ1n) is 4.63. The topological polar surface area (TPSA) is 34.1 Å². The van der Waals surface area contributed by atoms with Gasteiger partial charge in [0.05, 0.1) is 5.25 Å². The molecule has 0 bridgehead atoms. The van der Waals surface area contributed by atoms with Crippen LogP contribution in [0.3, 0.4) is 0 Å². The van der Waals surface area contributed by atoms with Gasteiger partial charge in [-0.2, -0.15) is 13.2 Å². The van der Waals surface area contributed by atoms with E-state index in [9.17, 15) is 26.0 Å². The molecule has 0 spiro atoms. The Morgan fingerprint density at radius 3 is 1.93 bits per heavy atom. The van der Waals surface area contributed by atoms with Gasteiger partial charge in [0.25, 0.3) is 0 Å². The van der Waals surface area contributed by atoms with Crippen molar-refractivity contribution < 1.29 is 26.0 Å². The van der Waals surface area contributed by atoms with Crippen LogP contribution in [0.4, 0.5) is 17.6 Å². The third-order valence-electron chi connectivity index (χ3n) is 2.48. The highest BCUT2D eigenvalue weighted by Crippen LogP contribution is 2.29. The molecule has 0 aromatic heterocycles. The zero-order valence-electron chi connectivity index (χ0n) is 7.93. The first kappa shape index (κ1) is 12.7. The van der Waals surface area contributed by atoms with Gasteiger partial charge in [0.1, 0.15) is 11.9 Å². The van der Waals surface area contributed by atoms with E-state index in [1.165, 1.54) is 0 Å². The quantitative estimate of drug-likeness (QED) is 0.702. The molecule has 0 aliphatic heterocycles. The summed E-state index contributed by atoms with van der Waals surface area (Å²) < 4.78 is 71.0. The summed E-state index contributed by atoms with van der Waals surface area (Å²) in [6.45, 7) is 0. The van der Waals surface area contributed by atoms with Crippen molar-refractivity contribution >= 4 is 9.84 Å². The van der Waals surface area contributed by atoms with Crippen LogP contribution in [0.5, 0.6) is 0 Å². The van der Waals surface area contributed by atoms with Gasteiger partial charge in [0.2, 0.25) is 0 Å². The van der Waals surface area contributed by atoms with E-state index in [2.05, 4.69) is 0 Å². The van der Waals surface area contributed by atoms with Crippen molar-refractivity contribution in [1.82, 2.24) is 0 Å². The van der Waals surface area contributed by atoms with E-state index < -0.39 is 33.2 Å². The largest absolute Gasteiger partial charge is 0.402 e. The lowest BCUT2D eigenvalue weighted by Gasteiger charge is -2.24. The highest BCUT2D eigenvalue weighted by molar-refractivity contribution is 7.92. The molecule has 0 amide bonds. The zero-order chi connectivity index (χ0) is 11.7. The monoisotopic (exact) mass is 248 g/mol. The maximum absolute atomic E-state index is 12.7. The van der Waals surface area contributed by atoms with Crippen molar-refractivity contribution in [3.63, 3.8) is 0 Å². The SMILES string of the molecule is O=S(=O)(CC(F)(F)F)C1CCC(F)CC1. The van der Waals surface area contributed by atoms with E-state index in [0.717, 1.165) is 0 Å². The van der Waals surface area contributed by atoms with Gasteiger partial charge in [-0.3, -0.25) is 0 Å². The fraction of sp³-hybridized carbons (Fsp3) is 1.00. The van der Waals surface area contributed by atoms with Gasteiger partial charge < -0.3 is 0 Å². The summed E-state index contributed by atoms with van der Waals surface area (Å²) in [5.41, 5.74) is 0. The predicted octanol–water partition coefficient (Wildman–Crippen LogP) is 2.24. The Kier molecular flexibility index (Phi) is 3.63. The highest BCUT2D eigenvalue weighted by Gasteiger charge is 2.40. The third-order valence-corrected chi connectivity index (χ3v) is 4.69. The van der Waals surface area contributed by atoms with Gasteiger partial charge in [-0.25, -0.2) is 12.8 Å². The molecule has 15 heavy (non-hydrogen) atoms. The molecule has 1 aliphatic rings. The Bertz CT molecular complexity index is 301. The molecule has 7 heteroatoms. The van der Waals surface area contributed by atoms with E-state index >= 15 is 0 Å². The Labute approximate surface area is 85.6 Å². The lowest BCUT2D eigenvalue weighted by molar-refractivity contribution is -0.106. The minimum Gasteiger partial charge on any atom is -0.247 e. The lowest BCUT2D eigenvalue weighted by atomic mass is 9.98. The number of sulfone groups is 1. The molecule has 90 valence electrons. The van der Waals surface area contributed by atoms with Gasteiger partial charge in [-0.1, -0.05) is 0 Å². The first-order chi connectivity index (χ1) is 6.71. The third kappa shape index (κ3) is 3.96. The second-order valence-corrected chi connectivity index (χ2v) is 6.08. The molecule has 2 nitrogen and oxygen atoms in total. The number of rotatable bonds is 2. The Balaban J connectivity index is 2.63. The minimum atomic E-state index is -4.70. The Morgan fingerprint density at radius 1 is 1.07 bits per heavy atom. The molecule has 0 aromatic carbocycles. The molecule has 0 aromatic rings. The number of alkyl halides is 4. The summed E-state index contributed by atoms with van der Waals surface area (Å²) in [6.07, 6.45) is -5.68. The fourth-order valence-electron chi connectivity index (χ4n) is 1.73. The van der Waals surface area contributed by atoms with Gasteiger partial charge >= 0.3 is 6.18 Å². The molecule has 1 aliphatic carbocycles. The maximum atomic E-state index is 12.7. The molecule has 0 atom stereocenters. The minimum absolute atomic E-state index is 0.000417. The van der Waals surface area contributed by atoms with Crippen LogP contribution in [-0.4, -0.2) is 31.8 Å². The second kappa shape index (κ2) is 4.27. The molecular weight excluding hydrogens is 236 g/mol. The van der Waals surface area contributed by atoms with Crippen LogP contribution in [0.15, 0.2) is 0 Å². The lowest BCUT2D eigenvalue weighted by Crippen LogP contribution is -2.34. The first-order valence-corrected chi connectivity index (χ1v) is 6.34. The van der Waals surface area contributed by atoms with E-state index in [0.29, 0.717) is 0 Å². The van der Waals surface area contributed by atoms with Crippen molar-refractivity contribution in [2.24, 2.45) is 0 Å². The Hall–Kier alpha value is -0.330. The van der Waals surface area contributed by atoms with Crippen LogP contribution in [0.2, 0.25) is 0 Å². The average molecular weight is 248 g/mol. The van der Waals surface area contributed by atoms with E-state index in [1.807, 2.05) is 0 Å². The highest BCUT2D eigenvalue weighted by atomic mass is 32.2. The standard InChI is InChI=1S/C8H12F4O2S/c9-6-1-3-7(4-2-6)15(13,14)5-8(10,11)12/h6-7H,1-5H2. The van der Waals surface area contributed by atoms with Gasteiger partial charge in [-0.05, 0) is 25.7 Å². The summed E-state index contributed by atoms with van der Waals surface area (Å²) in [5.74, 6) is -1.79. The number of halogens is 4. The van der Waals surface area contributed by atoms with Crippen LogP contribution in [-0.2, 0) is 9.84 Å². The van der Waals surface area contributed by atoms with E-state index in [-0.39, 0.29) is 25.7 Å². The molecular formula is C8H12F4O2S. The molecule has 1 rings (SSSR count). The molecule has 0 heterocycles. The fourth-order valence-corrected chi connectivity index (χ4v) is 3.41. The number of hydrogen-bond donors (Lipinski definition) is 0. The van der Waals surface area contributed by atoms with Gasteiger partial charge in [0, 0.05) is 0 Å². The van der Waals surface area contributed by atoms with E-state index in [1.54, 1.807) is 0 Å². The molecule has 1 saturated carbocycles. The summed E-state index contributed by atoms with van der Waals surface area (Å²) in [5, 5.41) is -1.02. The van der Waals surface area contributed by atoms with Crippen LogP contribution in [0.25, 0.3) is 0 Å². The molecule has 0 saturated heterocycles.